The van der Waals surface area contributed by atoms with Crippen molar-refractivity contribution in [1.29, 1.82) is 0 Å². The van der Waals surface area contributed by atoms with E-state index in [-0.39, 0.29) is 0 Å². The summed E-state index contributed by atoms with van der Waals surface area (Å²) in [7, 11) is 4.03. The van der Waals surface area contributed by atoms with Gasteiger partial charge < -0.3 is 15.5 Å². The van der Waals surface area contributed by atoms with Crippen molar-refractivity contribution in [3.05, 3.63) is 23.5 Å². The normalized spacial score (nSPS) is 12.9. The number of hydrogen-bond donors (Lipinski definition) is 2. The Hall–Kier alpha value is -1.45. The van der Waals surface area contributed by atoms with Gasteiger partial charge in [0.05, 0.1) is 6.54 Å². The summed E-state index contributed by atoms with van der Waals surface area (Å²) in [6, 6.07) is 0. The molecule has 4 nitrogen and oxygen atoms in total. The van der Waals surface area contributed by atoms with E-state index in [4.69, 9.17) is 0 Å². The third-order valence-corrected chi connectivity index (χ3v) is 1.85. The van der Waals surface area contributed by atoms with Gasteiger partial charge in [-0.3, -0.25) is 4.79 Å². The molecule has 0 atom stereocenters. The molecular formula is C13H27N3O. The number of allylic oxidation sites excluding steroid dienone is 2. The molecule has 0 aliphatic carbocycles. The van der Waals surface area contributed by atoms with Crippen molar-refractivity contribution < 1.29 is 4.79 Å². The number of rotatable bonds is 3. The summed E-state index contributed by atoms with van der Waals surface area (Å²) in [6.07, 6.45) is 4.99. The quantitative estimate of drug-likeness (QED) is 0.739. The number of nitrogens with zero attached hydrogens (tertiary/aromatic N) is 1. The molecule has 1 aliphatic rings. The van der Waals surface area contributed by atoms with Crippen LogP contribution in [0, 0.1) is 0 Å². The number of nitrogens with one attached hydrogen (secondary N) is 2. The molecule has 1 heterocycles. The second-order valence-corrected chi connectivity index (χ2v) is 3.38. The van der Waals surface area contributed by atoms with Gasteiger partial charge in [-0.05, 0) is 25.5 Å². The van der Waals surface area contributed by atoms with Gasteiger partial charge in [0, 0.05) is 32.5 Å². The molecule has 2 N–H and O–H groups in total. The monoisotopic (exact) mass is 241 g/mol. The maximum atomic E-state index is 9.29. The molecule has 1 amide bonds. The largest absolute Gasteiger partial charge is 0.390 e. The molecule has 0 saturated heterocycles. The van der Waals surface area contributed by atoms with E-state index >= 15 is 0 Å². The first-order valence-corrected chi connectivity index (χ1v) is 6.08. The molecule has 1 rings (SSSR count). The lowest BCUT2D eigenvalue weighted by atomic mass is 10.2. The highest BCUT2D eigenvalue weighted by molar-refractivity contribution is 5.45. The van der Waals surface area contributed by atoms with Crippen LogP contribution < -0.4 is 10.6 Å². The number of hydrogen-bond acceptors (Lipinski definition) is 3. The predicted octanol–water partition coefficient (Wildman–Crippen LogP) is 1.72. The first kappa shape index (κ1) is 17.9. The van der Waals surface area contributed by atoms with Crippen molar-refractivity contribution in [3.63, 3.8) is 0 Å². The Morgan fingerprint density at radius 2 is 2.06 bits per heavy atom. The lowest BCUT2D eigenvalue weighted by Crippen LogP contribution is -2.24. The van der Waals surface area contributed by atoms with E-state index < -0.39 is 0 Å². The number of amides is 1. The van der Waals surface area contributed by atoms with Crippen molar-refractivity contribution in [1.82, 2.24) is 15.5 Å². The lowest BCUT2D eigenvalue weighted by molar-refractivity contribution is -0.109. The summed E-state index contributed by atoms with van der Waals surface area (Å²) in [5, 5.41) is 5.57. The molecule has 0 aromatic carbocycles. The highest BCUT2D eigenvalue weighted by atomic mass is 16.1. The van der Waals surface area contributed by atoms with Crippen LogP contribution in [-0.2, 0) is 4.79 Å². The average molecular weight is 241 g/mol. The summed E-state index contributed by atoms with van der Waals surface area (Å²) >= 11 is 0. The summed E-state index contributed by atoms with van der Waals surface area (Å²) < 4.78 is 0. The molecule has 0 spiro atoms. The lowest BCUT2D eigenvalue weighted by Gasteiger charge is -2.21. The zero-order chi connectivity index (χ0) is 13.7. The molecular weight excluding hydrogens is 214 g/mol. The van der Waals surface area contributed by atoms with Gasteiger partial charge in [0.2, 0.25) is 6.41 Å². The molecule has 0 fully saturated rings. The molecule has 0 aromatic rings. The van der Waals surface area contributed by atoms with E-state index in [0.29, 0.717) is 6.41 Å². The fraction of sp³-hybridized carbons (Fsp3) is 0.615. The van der Waals surface area contributed by atoms with Gasteiger partial charge in [-0.15, -0.1) is 0 Å². The molecule has 0 saturated carbocycles. The Labute approximate surface area is 106 Å². The molecule has 1 aliphatic heterocycles. The van der Waals surface area contributed by atoms with Crippen LogP contribution >= 0.6 is 0 Å². The number of likely N-dealkylation sites (N-methyl/N-ethyl adjacent to an activating group) is 2. The minimum absolute atomic E-state index is 0.681. The van der Waals surface area contributed by atoms with E-state index in [2.05, 4.69) is 41.8 Å². The van der Waals surface area contributed by atoms with Crippen molar-refractivity contribution in [2.45, 2.75) is 27.7 Å². The minimum Gasteiger partial charge on any atom is -0.390 e. The first-order chi connectivity index (χ1) is 8.13. The molecule has 4 heteroatoms. The minimum atomic E-state index is 0.681. The Morgan fingerprint density at radius 1 is 1.47 bits per heavy atom. The van der Waals surface area contributed by atoms with Crippen LogP contribution in [0.3, 0.4) is 0 Å². The van der Waals surface area contributed by atoms with Crippen molar-refractivity contribution >= 4 is 6.41 Å². The van der Waals surface area contributed by atoms with Crippen molar-refractivity contribution in [2.75, 3.05) is 27.2 Å². The van der Waals surface area contributed by atoms with Gasteiger partial charge in [0.15, 0.2) is 0 Å². The van der Waals surface area contributed by atoms with Crippen molar-refractivity contribution in [2.24, 2.45) is 0 Å². The molecule has 100 valence electrons. The van der Waals surface area contributed by atoms with Crippen LogP contribution in [0.25, 0.3) is 0 Å². The van der Waals surface area contributed by atoms with Gasteiger partial charge >= 0.3 is 0 Å². The predicted molar refractivity (Wildman–Crippen MR) is 74.6 cm³/mol. The molecule has 0 unspecified atom stereocenters. The van der Waals surface area contributed by atoms with Gasteiger partial charge in [-0.2, -0.15) is 0 Å². The second kappa shape index (κ2) is 12.6. The third-order valence-electron chi connectivity index (χ3n) is 1.85. The first-order valence-electron chi connectivity index (χ1n) is 6.08. The summed E-state index contributed by atoms with van der Waals surface area (Å²) in [4.78, 5) is 11.5. The average Bonchev–Trinajstić information content (AvgIpc) is 2.32. The topological polar surface area (TPSA) is 44.4 Å². The number of carbonyl (C=O) groups excluding carboxylic acids is 1. The molecule has 17 heavy (non-hydrogen) atoms. The van der Waals surface area contributed by atoms with E-state index in [0.717, 1.165) is 13.1 Å². The zero-order valence-electron chi connectivity index (χ0n) is 12.0. The summed E-state index contributed by atoms with van der Waals surface area (Å²) in [6.45, 7) is 9.69. The second-order valence-electron chi connectivity index (χ2n) is 3.38. The van der Waals surface area contributed by atoms with E-state index in [1.807, 2.05) is 27.8 Å². The highest BCUT2D eigenvalue weighted by Gasteiger charge is 2.03. The van der Waals surface area contributed by atoms with Gasteiger partial charge in [-0.25, -0.2) is 0 Å². The highest BCUT2D eigenvalue weighted by Crippen LogP contribution is 2.08. The summed E-state index contributed by atoms with van der Waals surface area (Å²) in [5.41, 5.74) is 2.58. The third kappa shape index (κ3) is 10.8. The van der Waals surface area contributed by atoms with Crippen LogP contribution in [0.4, 0.5) is 0 Å². The molecule has 0 aromatic heterocycles. The van der Waals surface area contributed by atoms with Crippen LogP contribution in [0.1, 0.15) is 27.7 Å². The zero-order valence-corrected chi connectivity index (χ0v) is 12.0. The van der Waals surface area contributed by atoms with Gasteiger partial charge in [-0.1, -0.05) is 13.8 Å². The Morgan fingerprint density at radius 3 is 2.35 bits per heavy atom. The molecule has 0 radical (unpaired) electrons. The van der Waals surface area contributed by atoms with Gasteiger partial charge in [0.25, 0.3) is 0 Å². The Balaban J connectivity index is 0. The summed E-state index contributed by atoms with van der Waals surface area (Å²) in [5.74, 6) is 0. The SMILES string of the molecule is CC.CCNC=O.CNC1=CC(C)=CN(C)C1. The van der Waals surface area contributed by atoms with E-state index in [1.54, 1.807) is 0 Å². The van der Waals surface area contributed by atoms with E-state index in [9.17, 15) is 4.79 Å². The standard InChI is InChI=1S/C8H14N2.C3H7NO.C2H6/c1-7-4-8(9-2)6-10(3)5-7;1-2-4-3-5;1-2/h4-5,9H,6H2,1-3H3;3H,2H2,1H3,(H,4,5);1-2H3. The van der Waals surface area contributed by atoms with Crippen molar-refractivity contribution in [3.8, 4) is 0 Å². The Kier molecular flexibility index (Phi) is 13.3. The maximum Gasteiger partial charge on any atom is 0.207 e. The number of carbonyl (C=O) groups is 1. The van der Waals surface area contributed by atoms with E-state index in [1.165, 1.54) is 11.3 Å². The van der Waals surface area contributed by atoms with Gasteiger partial charge in [0.1, 0.15) is 0 Å². The van der Waals surface area contributed by atoms with Crippen LogP contribution in [0.5, 0.6) is 0 Å². The fourth-order valence-electron chi connectivity index (χ4n) is 1.25. The fourth-order valence-corrected chi connectivity index (χ4v) is 1.25. The van der Waals surface area contributed by atoms with Crippen LogP contribution in [0.15, 0.2) is 23.5 Å². The molecule has 0 bridgehead atoms. The Bertz CT molecular complexity index is 247. The van der Waals surface area contributed by atoms with Crippen LogP contribution in [0.2, 0.25) is 0 Å². The smallest absolute Gasteiger partial charge is 0.207 e. The van der Waals surface area contributed by atoms with Crippen LogP contribution in [-0.4, -0.2) is 38.5 Å². The maximum absolute atomic E-state index is 9.29.